The molecule has 0 amide bonds. The maximum Gasteiger partial charge on any atom is 0.239 e. The number of halogens is 2. The van der Waals surface area contributed by atoms with Gasteiger partial charge in [0.1, 0.15) is 5.38 Å². The molecule has 3 heteroatoms. The topological polar surface area (TPSA) is 17.1 Å². The van der Waals surface area contributed by atoms with Gasteiger partial charge < -0.3 is 0 Å². The molecule has 0 aromatic heterocycles. The molecule has 0 radical (unpaired) electrons. The van der Waals surface area contributed by atoms with Crippen molar-refractivity contribution in [3.8, 4) is 0 Å². The molecule has 0 bridgehead atoms. The standard InChI is InChI=1S/C10H18Cl2O/c1-7(2)5-4-6-8(3)9(11)10(12)13/h7-9H,4-6H2,1-3H3. The highest BCUT2D eigenvalue weighted by molar-refractivity contribution is 6.69. The third-order valence-corrected chi connectivity index (χ3v) is 3.13. The molecule has 0 aliphatic carbocycles. The van der Waals surface area contributed by atoms with Gasteiger partial charge >= 0.3 is 0 Å². The lowest BCUT2D eigenvalue weighted by Gasteiger charge is -2.14. The average Bonchev–Trinajstić information content (AvgIpc) is 2.02. The average molecular weight is 225 g/mol. The Morgan fingerprint density at radius 1 is 1.23 bits per heavy atom. The van der Waals surface area contributed by atoms with Crippen LogP contribution < -0.4 is 0 Å². The van der Waals surface area contributed by atoms with Crippen LogP contribution >= 0.6 is 23.2 Å². The first-order valence-electron chi connectivity index (χ1n) is 4.78. The van der Waals surface area contributed by atoms with Crippen molar-refractivity contribution in [2.45, 2.75) is 45.4 Å². The summed E-state index contributed by atoms with van der Waals surface area (Å²) in [7, 11) is 0. The highest BCUT2D eigenvalue weighted by atomic mass is 35.5. The van der Waals surface area contributed by atoms with E-state index in [-0.39, 0.29) is 5.92 Å². The Kier molecular flexibility index (Phi) is 6.79. The molecule has 0 saturated carbocycles. The maximum absolute atomic E-state index is 10.7. The van der Waals surface area contributed by atoms with Crippen LogP contribution in [0.4, 0.5) is 0 Å². The second-order valence-electron chi connectivity index (χ2n) is 4.01. The molecular weight excluding hydrogens is 207 g/mol. The molecule has 0 aliphatic rings. The Bertz CT molecular complexity index is 157. The first-order chi connectivity index (χ1) is 5.95. The Morgan fingerprint density at radius 2 is 1.77 bits per heavy atom. The molecule has 0 fully saturated rings. The van der Waals surface area contributed by atoms with E-state index in [1.807, 2.05) is 6.92 Å². The molecule has 0 aliphatic heterocycles. The van der Waals surface area contributed by atoms with E-state index in [0.29, 0.717) is 5.92 Å². The van der Waals surface area contributed by atoms with E-state index in [0.717, 1.165) is 12.8 Å². The maximum atomic E-state index is 10.7. The van der Waals surface area contributed by atoms with Crippen molar-refractivity contribution in [2.75, 3.05) is 0 Å². The Hall–Kier alpha value is 0.250. The summed E-state index contributed by atoms with van der Waals surface area (Å²) in [5.41, 5.74) is 0. The van der Waals surface area contributed by atoms with E-state index in [2.05, 4.69) is 13.8 Å². The van der Waals surface area contributed by atoms with Gasteiger partial charge in [-0.3, -0.25) is 4.79 Å². The molecule has 0 rings (SSSR count). The normalized spacial score (nSPS) is 15.8. The minimum Gasteiger partial charge on any atom is -0.280 e. The molecule has 78 valence electrons. The summed E-state index contributed by atoms with van der Waals surface area (Å²) in [5.74, 6) is 0.901. The fourth-order valence-electron chi connectivity index (χ4n) is 1.22. The Labute approximate surface area is 90.8 Å². The zero-order valence-electron chi connectivity index (χ0n) is 8.52. The fourth-order valence-corrected chi connectivity index (χ4v) is 1.56. The fraction of sp³-hybridized carbons (Fsp3) is 0.900. The van der Waals surface area contributed by atoms with Gasteiger partial charge in [-0.15, -0.1) is 11.6 Å². The predicted molar refractivity (Wildman–Crippen MR) is 58.4 cm³/mol. The van der Waals surface area contributed by atoms with Crippen LogP contribution in [0.25, 0.3) is 0 Å². The van der Waals surface area contributed by atoms with Crippen LogP contribution in [0.1, 0.15) is 40.0 Å². The Balaban J connectivity index is 3.61. The van der Waals surface area contributed by atoms with Crippen molar-refractivity contribution < 1.29 is 4.79 Å². The van der Waals surface area contributed by atoms with E-state index in [1.54, 1.807) is 0 Å². The smallest absolute Gasteiger partial charge is 0.239 e. The summed E-state index contributed by atoms with van der Waals surface area (Å²) >= 11 is 11.1. The van der Waals surface area contributed by atoms with Crippen LogP contribution in [0.5, 0.6) is 0 Å². The third kappa shape index (κ3) is 6.34. The first-order valence-corrected chi connectivity index (χ1v) is 5.60. The first kappa shape index (κ1) is 13.2. The van der Waals surface area contributed by atoms with Crippen LogP contribution in [-0.2, 0) is 4.79 Å². The molecule has 0 aromatic carbocycles. The summed E-state index contributed by atoms with van der Waals surface area (Å²) in [6.45, 7) is 6.35. The van der Waals surface area contributed by atoms with Gasteiger partial charge in [0.25, 0.3) is 0 Å². The van der Waals surface area contributed by atoms with Crippen molar-refractivity contribution in [3.05, 3.63) is 0 Å². The highest BCUT2D eigenvalue weighted by Crippen LogP contribution is 2.20. The molecule has 0 saturated heterocycles. The number of hydrogen-bond donors (Lipinski definition) is 0. The lowest BCUT2D eigenvalue weighted by Crippen LogP contribution is -2.18. The Morgan fingerprint density at radius 3 is 2.15 bits per heavy atom. The van der Waals surface area contributed by atoms with Gasteiger partial charge in [0.15, 0.2) is 0 Å². The third-order valence-electron chi connectivity index (χ3n) is 2.16. The number of carbonyl (C=O) groups excluding carboxylic acids is 1. The van der Waals surface area contributed by atoms with Gasteiger partial charge in [-0.1, -0.05) is 33.6 Å². The number of rotatable bonds is 6. The minimum absolute atomic E-state index is 0.186. The van der Waals surface area contributed by atoms with Crippen molar-refractivity contribution >= 4 is 28.4 Å². The van der Waals surface area contributed by atoms with Crippen molar-refractivity contribution in [2.24, 2.45) is 11.8 Å². The number of hydrogen-bond acceptors (Lipinski definition) is 1. The van der Waals surface area contributed by atoms with Gasteiger partial charge in [0.2, 0.25) is 5.24 Å². The number of alkyl halides is 1. The molecule has 2 atom stereocenters. The van der Waals surface area contributed by atoms with Crippen molar-refractivity contribution in [3.63, 3.8) is 0 Å². The highest BCUT2D eigenvalue weighted by Gasteiger charge is 2.20. The molecule has 0 aromatic rings. The second-order valence-corrected chi connectivity index (χ2v) is 4.85. The summed E-state index contributed by atoms with van der Waals surface area (Å²) in [6.07, 6.45) is 3.28. The molecule has 1 nitrogen and oxygen atoms in total. The van der Waals surface area contributed by atoms with Gasteiger partial charge in [0.05, 0.1) is 0 Å². The largest absolute Gasteiger partial charge is 0.280 e. The zero-order chi connectivity index (χ0) is 10.4. The molecule has 2 unspecified atom stereocenters. The van der Waals surface area contributed by atoms with Gasteiger partial charge in [0, 0.05) is 0 Å². The van der Waals surface area contributed by atoms with E-state index in [9.17, 15) is 4.79 Å². The van der Waals surface area contributed by atoms with Crippen LogP contribution in [0.15, 0.2) is 0 Å². The quantitative estimate of drug-likeness (QED) is 0.496. The molecule has 0 heterocycles. The SMILES string of the molecule is CC(C)CCCC(C)C(Cl)C(=O)Cl. The monoisotopic (exact) mass is 224 g/mol. The van der Waals surface area contributed by atoms with E-state index < -0.39 is 10.6 Å². The second kappa shape index (κ2) is 6.67. The molecule has 0 N–H and O–H groups in total. The minimum atomic E-state index is -0.520. The lowest BCUT2D eigenvalue weighted by atomic mass is 9.97. The van der Waals surface area contributed by atoms with Crippen molar-refractivity contribution in [1.82, 2.24) is 0 Å². The van der Waals surface area contributed by atoms with Gasteiger partial charge in [-0.05, 0) is 29.9 Å². The van der Waals surface area contributed by atoms with E-state index in [1.165, 1.54) is 6.42 Å². The molecule has 13 heavy (non-hydrogen) atoms. The van der Waals surface area contributed by atoms with Gasteiger partial charge in [-0.2, -0.15) is 0 Å². The predicted octanol–water partition coefficient (Wildman–Crippen LogP) is 3.82. The summed E-state index contributed by atoms with van der Waals surface area (Å²) in [4.78, 5) is 10.7. The van der Waals surface area contributed by atoms with E-state index >= 15 is 0 Å². The van der Waals surface area contributed by atoms with Crippen molar-refractivity contribution in [1.29, 1.82) is 0 Å². The van der Waals surface area contributed by atoms with Crippen LogP contribution in [-0.4, -0.2) is 10.6 Å². The van der Waals surface area contributed by atoms with Crippen LogP contribution in [0, 0.1) is 11.8 Å². The van der Waals surface area contributed by atoms with Crippen LogP contribution in [0.3, 0.4) is 0 Å². The summed E-state index contributed by atoms with van der Waals surface area (Å²) in [5, 5.41) is -0.951. The van der Waals surface area contributed by atoms with E-state index in [4.69, 9.17) is 23.2 Å². The lowest BCUT2D eigenvalue weighted by molar-refractivity contribution is -0.112. The molecular formula is C10H18Cl2O. The van der Waals surface area contributed by atoms with Gasteiger partial charge in [-0.25, -0.2) is 0 Å². The molecule has 0 spiro atoms. The summed E-state index contributed by atoms with van der Waals surface area (Å²) in [6, 6.07) is 0. The van der Waals surface area contributed by atoms with Crippen LogP contribution in [0.2, 0.25) is 0 Å². The summed E-state index contributed by atoms with van der Waals surface area (Å²) < 4.78 is 0. The zero-order valence-corrected chi connectivity index (χ0v) is 10.0. The number of carbonyl (C=O) groups is 1.